The number of benzene rings is 1. The number of hydrogen-bond acceptors (Lipinski definition) is 6. The molecule has 31 heavy (non-hydrogen) atoms. The van der Waals surface area contributed by atoms with Gasteiger partial charge in [0.1, 0.15) is 24.8 Å². The van der Waals surface area contributed by atoms with Crippen molar-refractivity contribution < 1.29 is 46.0 Å². The molecular weight excluding hydrogens is 424 g/mol. The van der Waals surface area contributed by atoms with Gasteiger partial charge in [-0.25, -0.2) is 9.18 Å². The van der Waals surface area contributed by atoms with Gasteiger partial charge in [-0.3, -0.25) is 0 Å². The molecule has 0 spiro atoms. The first-order valence-electron chi connectivity index (χ1n) is 9.80. The van der Waals surface area contributed by atoms with Crippen LogP contribution in [0, 0.1) is 18.7 Å². The fourth-order valence-corrected chi connectivity index (χ4v) is 3.68. The molecule has 1 aliphatic rings. The van der Waals surface area contributed by atoms with E-state index in [1.165, 1.54) is 34.1 Å². The quantitative estimate of drug-likeness (QED) is 0.323. The molecule has 176 valence electrons. The molecule has 1 saturated heterocycles. The molecule has 1 aromatic rings. The second-order valence-corrected chi connectivity index (χ2v) is 7.55. The number of alkyl halides is 3. The van der Waals surface area contributed by atoms with Gasteiger partial charge < -0.3 is 23.7 Å². The average Bonchev–Trinajstić information content (AvgIpc) is 2.98. The summed E-state index contributed by atoms with van der Waals surface area (Å²) in [6.45, 7) is 3.88. The van der Waals surface area contributed by atoms with E-state index in [4.69, 9.17) is 23.7 Å². The zero-order valence-corrected chi connectivity index (χ0v) is 18.2. The SMILES string of the molecule is COCCOC(=O)C1OC(C)(C(F)(F)F)C(C)C1c1ccc(F)c(C)c1OCCOC. The van der Waals surface area contributed by atoms with E-state index in [1.54, 1.807) is 0 Å². The summed E-state index contributed by atoms with van der Waals surface area (Å²) in [5, 5.41) is 0. The molecule has 1 fully saturated rings. The zero-order chi connectivity index (χ0) is 23.4. The molecule has 1 heterocycles. The number of rotatable bonds is 9. The third-order valence-electron chi connectivity index (χ3n) is 5.70. The van der Waals surface area contributed by atoms with Crippen molar-refractivity contribution in [3.05, 3.63) is 29.1 Å². The number of carbonyl (C=O) groups excluding carboxylic acids is 1. The van der Waals surface area contributed by atoms with Gasteiger partial charge in [-0.15, -0.1) is 0 Å². The van der Waals surface area contributed by atoms with Crippen LogP contribution in [0.1, 0.15) is 30.9 Å². The molecular formula is C21H28F4O6. The van der Waals surface area contributed by atoms with E-state index in [-0.39, 0.29) is 43.3 Å². The van der Waals surface area contributed by atoms with Crippen LogP contribution in [-0.2, 0) is 23.7 Å². The Morgan fingerprint density at radius 3 is 2.32 bits per heavy atom. The highest BCUT2D eigenvalue weighted by Crippen LogP contribution is 2.55. The Morgan fingerprint density at radius 2 is 1.74 bits per heavy atom. The molecule has 1 aliphatic heterocycles. The zero-order valence-electron chi connectivity index (χ0n) is 18.2. The molecule has 4 atom stereocenters. The van der Waals surface area contributed by atoms with Gasteiger partial charge in [0.15, 0.2) is 11.7 Å². The topological polar surface area (TPSA) is 63.2 Å². The number of hydrogen-bond donors (Lipinski definition) is 0. The predicted octanol–water partition coefficient (Wildman–Crippen LogP) is 3.79. The number of carbonyl (C=O) groups is 1. The maximum atomic E-state index is 14.2. The Labute approximate surface area is 178 Å². The fraction of sp³-hybridized carbons (Fsp3) is 0.667. The number of methoxy groups -OCH3 is 2. The molecule has 4 unspecified atom stereocenters. The lowest BCUT2D eigenvalue weighted by molar-refractivity contribution is -0.274. The Hall–Kier alpha value is -1.91. The van der Waals surface area contributed by atoms with Crippen molar-refractivity contribution in [2.45, 2.75) is 44.6 Å². The highest BCUT2D eigenvalue weighted by atomic mass is 19.4. The van der Waals surface area contributed by atoms with Gasteiger partial charge in [0.05, 0.1) is 13.2 Å². The molecule has 0 saturated carbocycles. The van der Waals surface area contributed by atoms with Crippen LogP contribution in [0.25, 0.3) is 0 Å². The molecule has 2 rings (SSSR count). The summed E-state index contributed by atoms with van der Waals surface area (Å²) in [6.07, 6.45) is -6.31. The van der Waals surface area contributed by atoms with Gasteiger partial charge in [-0.2, -0.15) is 13.2 Å². The van der Waals surface area contributed by atoms with Crippen LogP contribution in [0.5, 0.6) is 5.75 Å². The van der Waals surface area contributed by atoms with E-state index in [9.17, 15) is 22.4 Å². The summed E-state index contributed by atoms with van der Waals surface area (Å²) in [5.41, 5.74) is -2.26. The molecule has 1 aromatic carbocycles. The van der Waals surface area contributed by atoms with Crippen LogP contribution in [0.15, 0.2) is 12.1 Å². The van der Waals surface area contributed by atoms with E-state index in [0.717, 1.165) is 13.0 Å². The average molecular weight is 452 g/mol. The highest BCUT2D eigenvalue weighted by Gasteiger charge is 2.66. The summed E-state index contributed by atoms with van der Waals surface area (Å²) in [5.74, 6) is -3.74. The van der Waals surface area contributed by atoms with Crippen LogP contribution in [0.3, 0.4) is 0 Å². The second-order valence-electron chi connectivity index (χ2n) is 7.55. The van der Waals surface area contributed by atoms with E-state index < -0.39 is 41.5 Å². The van der Waals surface area contributed by atoms with Crippen LogP contribution < -0.4 is 4.74 Å². The Kier molecular flexibility index (Phi) is 8.29. The number of halogens is 4. The van der Waals surface area contributed by atoms with E-state index in [0.29, 0.717) is 0 Å². The maximum absolute atomic E-state index is 14.2. The first kappa shape index (κ1) is 25.4. The molecule has 0 radical (unpaired) electrons. The van der Waals surface area contributed by atoms with Gasteiger partial charge in [0.2, 0.25) is 0 Å². The third-order valence-corrected chi connectivity index (χ3v) is 5.70. The largest absolute Gasteiger partial charge is 0.491 e. The van der Waals surface area contributed by atoms with Gasteiger partial charge in [0.25, 0.3) is 0 Å². The lowest BCUT2D eigenvalue weighted by Gasteiger charge is -2.32. The number of ether oxygens (including phenoxy) is 5. The standard InChI is InChI=1S/C21H28F4O6/c1-12-15(22)7-6-14(17(12)29-10-8-27-4)16-13(2)20(3,21(23,24)25)31-18(16)19(26)30-11-9-28-5/h6-7,13,16,18H,8-11H2,1-5H3. The predicted molar refractivity (Wildman–Crippen MR) is 103 cm³/mol. The lowest BCUT2D eigenvalue weighted by Crippen LogP contribution is -2.47. The molecule has 0 aliphatic carbocycles. The molecule has 0 aromatic heterocycles. The molecule has 10 heteroatoms. The van der Waals surface area contributed by atoms with Crippen LogP contribution >= 0.6 is 0 Å². The summed E-state index contributed by atoms with van der Waals surface area (Å²) in [6, 6.07) is 2.46. The van der Waals surface area contributed by atoms with Crippen molar-refractivity contribution in [3.63, 3.8) is 0 Å². The number of esters is 1. The van der Waals surface area contributed by atoms with Crippen molar-refractivity contribution in [1.29, 1.82) is 0 Å². The third kappa shape index (κ3) is 5.12. The normalized spacial score (nSPS) is 26.2. The second kappa shape index (κ2) is 10.1. The lowest BCUT2D eigenvalue weighted by atomic mass is 9.76. The van der Waals surface area contributed by atoms with Crippen LogP contribution in [-0.4, -0.2) is 64.5 Å². The van der Waals surface area contributed by atoms with Crippen molar-refractivity contribution >= 4 is 5.97 Å². The monoisotopic (exact) mass is 452 g/mol. The van der Waals surface area contributed by atoms with Crippen LogP contribution in [0.4, 0.5) is 17.6 Å². The molecule has 0 N–H and O–H groups in total. The van der Waals surface area contributed by atoms with Gasteiger partial charge in [-0.05, 0) is 19.9 Å². The van der Waals surface area contributed by atoms with Crippen molar-refractivity contribution in [1.82, 2.24) is 0 Å². The van der Waals surface area contributed by atoms with E-state index in [2.05, 4.69) is 0 Å². The first-order valence-corrected chi connectivity index (χ1v) is 9.80. The Bertz CT molecular complexity index is 769. The smallest absolute Gasteiger partial charge is 0.417 e. The minimum atomic E-state index is -4.75. The first-order chi connectivity index (χ1) is 14.5. The van der Waals surface area contributed by atoms with Gasteiger partial charge >= 0.3 is 12.1 Å². The molecule has 0 bridgehead atoms. The minimum Gasteiger partial charge on any atom is -0.491 e. The van der Waals surface area contributed by atoms with Crippen molar-refractivity contribution in [2.24, 2.45) is 5.92 Å². The van der Waals surface area contributed by atoms with Gasteiger partial charge in [-0.1, -0.05) is 13.0 Å². The molecule has 0 amide bonds. The van der Waals surface area contributed by atoms with Crippen LogP contribution in [0.2, 0.25) is 0 Å². The van der Waals surface area contributed by atoms with Crippen molar-refractivity contribution in [2.75, 3.05) is 40.6 Å². The summed E-state index contributed by atoms with van der Waals surface area (Å²) in [4.78, 5) is 12.7. The summed E-state index contributed by atoms with van der Waals surface area (Å²) >= 11 is 0. The molecule has 6 nitrogen and oxygen atoms in total. The maximum Gasteiger partial charge on any atom is 0.417 e. The minimum absolute atomic E-state index is 0.0508. The van der Waals surface area contributed by atoms with E-state index in [1.807, 2.05) is 0 Å². The van der Waals surface area contributed by atoms with Crippen molar-refractivity contribution in [3.8, 4) is 5.75 Å². The Morgan fingerprint density at radius 1 is 1.13 bits per heavy atom. The van der Waals surface area contributed by atoms with Gasteiger partial charge in [0, 0.05) is 37.2 Å². The Balaban J connectivity index is 2.53. The van der Waals surface area contributed by atoms with E-state index >= 15 is 0 Å². The summed E-state index contributed by atoms with van der Waals surface area (Å²) in [7, 11) is 2.85. The highest BCUT2D eigenvalue weighted by molar-refractivity contribution is 5.77. The summed E-state index contributed by atoms with van der Waals surface area (Å²) < 4.78 is 81.8. The fourth-order valence-electron chi connectivity index (χ4n) is 3.68.